The monoisotopic (exact) mass is 199 g/mol. The molecule has 0 radical (unpaired) electrons. The second-order valence-corrected chi connectivity index (χ2v) is 5.07. The van der Waals surface area contributed by atoms with Crippen LogP contribution < -0.4 is 5.32 Å². The molecular formula is C10H17NO3. The van der Waals surface area contributed by atoms with Gasteiger partial charge >= 0.3 is 0 Å². The van der Waals surface area contributed by atoms with Gasteiger partial charge in [0.25, 0.3) is 0 Å². The number of nitrogens with one attached hydrogen (secondary N) is 1. The first-order valence-corrected chi connectivity index (χ1v) is 4.95. The Morgan fingerprint density at radius 3 is 2.43 bits per heavy atom. The highest BCUT2D eigenvalue weighted by atomic mass is 16.6. The summed E-state index contributed by atoms with van der Waals surface area (Å²) in [5.41, 5.74) is -1.03. The van der Waals surface area contributed by atoms with E-state index >= 15 is 0 Å². The van der Waals surface area contributed by atoms with Crippen LogP contribution in [0, 0.1) is 0 Å². The summed E-state index contributed by atoms with van der Waals surface area (Å²) in [5.74, 6) is -0.0323. The van der Waals surface area contributed by atoms with Crippen LogP contribution in [0.2, 0.25) is 0 Å². The standard InChI is InChI=1S/C10H17NO3/c1-7(13)11-10-4-9(5-10,6-12)14-8(10,2)3/h12H,4-6H2,1-3H3,(H,11,13). The summed E-state index contributed by atoms with van der Waals surface area (Å²) in [6.45, 7) is 5.49. The highest BCUT2D eigenvalue weighted by Gasteiger charge is 2.71. The quantitative estimate of drug-likeness (QED) is 0.667. The summed E-state index contributed by atoms with van der Waals surface area (Å²) in [4.78, 5) is 11.1. The van der Waals surface area contributed by atoms with E-state index in [0.717, 1.165) is 12.8 Å². The van der Waals surface area contributed by atoms with Crippen LogP contribution in [0.15, 0.2) is 0 Å². The van der Waals surface area contributed by atoms with Crippen molar-refractivity contribution in [3.8, 4) is 0 Å². The molecule has 0 atom stereocenters. The first-order valence-electron chi connectivity index (χ1n) is 4.95. The van der Waals surface area contributed by atoms with E-state index in [2.05, 4.69) is 5.32 Å². The summed E-state index contributed by atoms with van der Waals surface area (Å²) < 4.78 is 5.80. The van der Waals surface area contributed by atoms with Gasteiger partial charge in [-0.05, 0) is 13.8 Å². The molecule has 2 aliphatic heterocycles. The number of amides is 1. The average Bonchev–Trinajstić information content (AvgIpc) is 2.29. The van der Waals surface area contributed by atoms with Crippen LogP contribution in [0.3, 0.4) is 0 Å². The Morgan fingerprint density at radius 2 is 2.07 bits per heavy atom. The molecule has 3 rings (SSSR count). The van der Waals surface area contributed by atoms with Crippen molar-refractivity contribution in [1.29, 1.82) is 0 Å². The van der Waals surface area contributed by atoms with E-state index < -0.39 is 5.60 Å². The zero-order valence-corrected chi connectivity index (χ0v) is 8.89. The van der Waals surface area contributed by atoms with Crippen LogP contribution in [0.4, 0.5) is 0 Å². The van der Waals surface area contributed by atoms with Crippen molar-refractivity contribution in [3.63, 3.8) is 0 Å². The Bertz CT molecular complexity index is 279. The maximum atomic E-state index is 11.1. The van der Waals surface area contributed by atoms with Crippen molar-refractivity contribution in [1.82, 2.24) is 5.32 Å². The molecule has 4 heteroatoms. The molecule has 1 amide bonds. The predicted octanol–water partition coefficient (Wildman–Crippen LogP) is 0.195. The van der Waals surface area contributed by atoms with E-state index in [1.807, 2.05) is 13.8 Å². The molecule has 3 aliphatic rings. The van der Waals surface area contributed by atoms with Gasteiger partial charge in [0.15, 0.2) is 0 Å². The van der Waals surface area contributed by atoms with Gasteiger partial charge in [-0.2, -0.15) is 0 Å². The molecule has 14 heavy (non-hydrogen) atoms. The van der Waals surface area contributed by atoms with Crippen molar-refractivity contribution in [2.45, 2.75) is 50.4 Å². The Kier molecular flexibility index (Phi) is 1.77. The smallest absolute Gasteiger partial charge is 0.217 e. The zero-order chi connectivity index (χ0) is 10.6. The molecule has 2 heterocycles. The summed E-state index contributed by atoms with van der Waals surface area (Å²) in [5, 5.41) is 12.2. The molecule has 0 aromatic rings. The van der Waals surface area contributed by atoms with Gasteiger partial charge in [0, 0.05) is 19.8 Å². The number of aliphatic hydroxyl groups is 1. The second-order valence-electron chi connectivity index (χ2n) is 5.07. The van der Waals surface area contributed by atoms with E-state index in [0.29, 0.717) is 0 Å². The van der Waals surface area contributed by atoms with Gasteiger partial charge < -0.3 is 15.2 Å². The number of carbonyl (C=O) groups excluding carboxylic acids is 1. The third-order valence-corrected chi connectivity index (χ3v) is 3.58. The summed E-state index contributed by atoms with van der Waals surface area (Å²) >= 11 is 0. The first kappa shape index (κ1) is 9.93. The normalized spacial score (nSPS) is 43.1. The lowest BCUT2D eigenvalue weighted by atomic mass is 9.63. The van der Waals surface area contributed by atoms with Crippen molar-refractivity contribution in [3.05, 3.63) is 0 Å². The van der Waals surface area contributed by atoms with Crippen molar-refractivity contribution < 1.29 is 14.6 Å². The van der Waals surface area contributed by atoms with Crippen LogP contribution in [-0.4, -0.2) is 34.4 Å². The summed E-state index contributed by atoms with van der Waals surface area (Å²) in [6.07, 6.45) is 1.45. The number of hydrogen-bond acceptors (Lipinski definition) is 3. The lowest BCUT2D eigenvalue weighted by Gasteiger charge is -2.46. The highest BCUT2D eigenvalue weighted by Crippen LogP contribution is 2.60. The number of fused-ring (bicyclic) bond motifs is 1. The Hall–Kier alpha value is -0.610. The Labute approximate surface area is 83.6 Å². The molecule has 3 fully saturated rings. The molecular weight excluding hydrogens is 182 g/mol. The summed E-state index contributed by atoms with van der Waals surface area (Å²) in [7, 11) is 0. The number of ether oxygens (including phenoxy) is 1. The van der Waals surface area contributed by atoms with E-state index in [4.69, 9.17) is 4.74 Å². The third kappa shape index (κ3) is 1.04. The van der Waals surface area contributed by atoms with Gasteiger partial charge in [-0.1, -0.05) is 0 Å². The largest absolute Gasteiger partial charge is 0.393 e. The van der Waals surface area contributed by atoms with Gasteiger partial charge in [-0.15, -0.1) is 0 Å². The zero-order valence-electron chi connectivity index (χ0n) is 8.89. The SMILES string of the molecule is CC(=O)NC12CC(CO)(C1)OC2(C)C. The number of rotatable bonds is 2. The molecule has 1 saturated carbocycles. The molecule has 2 N–H and O–H groups in total. The van der Waals surface area contributed by atoms with Crippen LogP contribution in [0.25, 0.3) is 0 Å². The maximum Gasteiger partial charge on any atom is 0.217 e. The van der Waals surface area contributed by atoms with Crippen molar-refractivity contribution in [2.75, 3.05) is 6.61 Å². The summed E-state index contributed by atoms with van der Waals surface area (Å²) in [6, 6.07) is 0. The highest BCUT2D eigenvalue weighted by molar-refractivity contribution is 5.74. The van der Waals surface area contributed by atoms with Crippen LogP contribution >= 0.6 is 0 Å². The van der Waals surface area contributed by atoms with Gasteiger partial charge in [0.2, 0.25) is 5.91 Å². The minimum Gasteiger partial charge on any atom is -0.393 e. The minimum atomic E-state index is -0.397. The third-order valence-electron chi connectivity index (χ3n) is 3.58. The topological polar surface area (TPSA) is 58.6 Å². The fourth-order valence-corrected chi connectivity index (χ4v) is 2.90. The lowest BCUT2D eigenvalue weighted by molar-refractivity contribution is -0.122. The van der Waals surface area contributed by atoms with E-state index in [1.54, 1.807) is 0 Å². The molecule has 0 spiro atoms. The number of hydrogen-bond donors (Lipinski definition) is 2. The molecule has 2 saturated heterocycles. The predicted molar refractivity (Wildman–Crippen MR) is 50.8 cm³/mol. The molecule has 4 nitrogen and oxygen atoms in total. The molecule has 1 aliphatic carbocycles. The van der Waals surface area contributed by atoms with Gasteiger partial charge in [0.05, 0.1) is 23.3 Å². The molecule has 0 aromatic carbocycles. The number of aliphatic hydroxyl groups excluding tert-OH is 1. The van der Waals surface area contributed by atoms with Crippen molar-refractivity contribution in [2.24, 2.45) is 0 Å². The fraction of sp³-hybridized carbons (Fsp3) is 0.900. The Morgan fingerprint density at radius 1 is 1.50 bits per heavy atom. The minimum absolute atomic E-state index is 0.0323. The first-order chi connectivity index (χ1) is 6.35. The van der Waals surface area contributed by atoms with Gasteiger partial charge in [0.1, 0.15) is 0 Å². The molecule has 2 bridgehead atoms. The molecule has 0 aromatic heterocycles. The van der Waals surface area contributed by atoms with E-state index in [1.165, 1.54) is 6.92 Å². The fourth-order valence-electron chi connectivity index (χ4n) is 2.90. The molecule has 0 unspecified atom stereocenters. The second kappa shape index (κ2) is 2.49. The van der Waals surface area contributed by atoms with E-state index in [-0.39, 0.29) is 23.7 Å². The maximum absolute atomic E-state index is 11.1. The van der Waals surface area contributed by atoms with E-state index in [9.17, 15) is 9.90 Å². The van der Waals surface area contributed by atoms with Crippen LogP contribution in [-0.2, 0) is 9.53 Å². The van der Waals surface area contributed by atoms with Gasteiger partial charge in [-0.3, -0.25) is 4.79 Å². The molecule has 80 valence electrons. The Balaban J connectivity index is 2.20. The number of carbonyl (C=O) groups is 1. The van der Waals surface area contributed by atoms with Gasteiger partial charge in [-0.25, -0.2) is 0 Å². The lowest BCUT2D eigenvalue weighted by Crippen LogP contribution is -2.64. The van der Waals surface area contributed by atoms with Crippen LogP contribution in [0.1, 0.15) is 33.6 Å². The van der Waals surface area contributed by atoms with Crippen LogP contribution in [0.5, 0.6) is 0 Å². The van der Waals surface area contributed by atoms with Crippen molar-refractivity contribution >= 4 is 5.91 Å². The average molecular weight is 199 g/mol.